The van der Waals surface area contributed by atoms with Gasteiger partial charge in [0.05, 0.1) is 25.9 Å². The summed E-state index contributed by atoms with van der Waals surface area (Å²) >= 11 is 0. The van der Waals surface area contributed by atoms with Crippen molar-refractivity contribution in [3.05, 3.63) is 23.8 Å². The number of aliphatic hydroxyl groups excluding tert-OH is 2. The van der Waals surface area contributed by atoms with Crippen molar-refractivity contribution in [2.24, 2.45) is 11.7 Å². The van der Waals surface area contributed by atoms with Crippen molar-refractivity contribution in [1.29, 1.82) is 0 Å². The Balaban J connectivity index is 2.06. The normalized spacial score (nSPS) is 17.9. The van der Waals surface area contributed by atoms with Crippen LogP contribution in [0, 0.1) is 5.92 Å². The second-order valence-electron chi connectivity index (χ2n) is 5.10. The fourth-order valence-corrected chi connectivity index (χ4v) is 2.09. The summed E-state index contributed by atoms with van der Waals surface area (Å²) in [6.07, 6.45) is 2.09. The molecule has 1 aromatic carbocycles. The molecule has 106 valence electrons. The summed E-state index contributed by atoms with van der Waals surface area (Å²) in [5, 5.41) is 18.5. The second-order valence-corrected chi connectivity index (χ2v) is 5.10. The number of aliphatic hydroxyl groups is 2. The zero-order valence-corrected chi connectivity index (χ0v) is 11.1. The summed E-state index contributed by atoms with van der Waals surface area (Å²) in [4.78, 5) is 0. The summed E-state index contributed by atoms with van der Waals surface area (Å²) in [6.45, 7) is 0.119. The number of ether oxygens (including phenoxy) is 2. The van der Waals surface area contributed by atoms with Gasteiger partial charge < -0.3 is 25.4 Å². The molecule has 1 saturated carbocycles. The van der Waals surface area contributed by atoms with E-state index in [0.29, 0.717) is 17.4 Å². The molecule has 0 heterocycles. The van der Waals surface area contributed by atoms with Gasteiger partial charge in [-0.15, -0.1) is 0 Å². The first kappa shape index (κ1) is 14.1. The molecule has 4 N–H and O–H groups in total. The number of hydrogen-bond donors (Lipinski definition) is 3. The van der Waals surface area contributed by atoms with E-state index >= 15 is 0 Å². The van der Waals surface area contributed by atoms with Crippen molar-refractivity contribution in [1.82, 2.24) is 0 Å². The van der Waals surface area contributed by atoms with Crippen molar-refractivity contribution < 1.29 is 19.7 Å². The minimum absolute atomic E-state index is 0.0455. The van der Waals surface area contributed by atoms with Crippen LogP contribution >= 0.6 is 0 Å². The van der Waals surface area contributed by atoms with Gasteiger partial charge in [0.2, 0.25) is 0 Å². The van der Waals surface area contributed by atoms with E-state index in [4.69, 9.17) is 20.3 Å². The lowest BCUT2D eigenvalue weighted by atomic mass is 9.97. The van der Waals surface area contributed by atoms with Crippen LogP contribution in [0.15, 0.2) is 18.2 Å². The Morgan fingerprint density at radius 2 is 2.05 bits per heavy atom. The van der Waals surface area contributed by atoms with Crippen molar-refractivity contribution in [3.8, 4) is 11.5 Å². The first-order valence-electron chi connectivity index (χ1n) is 6.43. The molecule has 5 nitrogen and oxygen atoms in total. The molecule has 19 heavy (non-hydrogen) atoms. The molecule has 0 spiro atoms. The van der Waals surface area contributed by atoms with E-state index < -0.39 is 5.54 Å². The van der Waals surface area contributed by atoms with E-state index in [0.717, 1.165) is 18.4 Å². The lowest BCUT2D eigenvalue weighted by Crippen LogP contribution is -2.51. The van der Waals surface area contributed by atoms with E-state index in [9.17, 15) is 5.11 Å². The quantitative estimate of drug-likeness (QED) is 0.676. The molecule has 1 atom stereocenters. The maximum absolute atomic E-state index is 9.41. The molecule has 0 radical (unpaired) electrons. The molecule has 0 saturated heterocycles. The average molecular weight is 267 g/mol. The largest absolute Gasteiger partial charge is 0.493 e. The van der Waals surface area contributed by atoms with E-state index in [1.54, 1.807) is 25.3 Å². The maximum Gasteiger partial charge on any atom is 0.161 e. The molecule has 2 rings (SSSR count). The Bertz CT molecular complexity index is 433. The van der Waals surface area contributed by atoms with Crippen LogP contribution in [0.25, 0.3) is 0 Å². The Kier molecular flexibility index (Phi) is 4.29. The second kappa shape index (κ2) is 5.77. The SMILES string of the molecule is COc1cc(CO)ccc1OCC(N)(CO)C1CC1. The van der Waals surface area contributed by atoms with Crippen LogP contribution in [-0.2, 0) is 6.61 Å². The predicted octanol–water partition coefficient (Wildman–Crippen LogP) is 0.666. The molecular weight excluding hydrogens is 246 g/mol. The zero-order chi connectivity index (χ0) is 13.9. The monoisotopic (exact) mass is 267 g/mol. The van der Waals surface area contributed by atoms with Gasteiger partial charge in [0.15, 0.2) is 11.5 Å². The van der Waals surface area contributed by atoms with Crippen molar-refractivity contribution in [2.75, 3.05) is 20.3 Å². The number of rotatable bonds is 7. The molecular formula is C14H21NO4. The highest BCUT2D eigenvalue weighted by Gasteiger charge is 2.42. The van der Waals surface area contributed by atoms with Gasteiger partial charge in [0.1, 0.15) is 6.61 Å². The van der Waals surface area contributed by atoms with Gasteiger partial charge in [-0.25, -0.2) is 0 Å². The Morgan fingerprint density at radius 3 is 2.58 bits per heavy atom. The standard InChI is InChI=1S/C14H21NO4/c1-18-13-6-10(7-16)2-5-12(13)19-9-14(15,8-17)11-3-4-11/h2,5-6,11,16-17H,3-4,7-9,15H2,1H3. The van der Waals surface area contributed by atoms with E-state index in [-0.39, 0.29) is 19.8 Å². The van der Waals surface area contributed by atoms with Crippen LogP contribution in [-0.4, -0.2) is 36.1 Å². The molecule has 1 aliphatic carbocycles. The number of hydrogen-bond acceptors (Lipinski definition) is 5. The fourth-order valence-electron chi connectivity index (χ4n) is 2.09. The third kappa shape index (κ3) is 3.18. The van der Waals surface area contributed by atoms with Crippen LogP contribution in [0.3, 0.4) is 0 Å². The maximum atomic E-state index is 9.41. The van der Waals surface area contributed by atoms with Gasteiger partial charge in [-0.05, 0) is 36.5 Å². The van der Waals surface area contributed by atoms with Crippen LogP contribution in [0.1, 0.15) is 18.4 Å². The van der Waals surface area contributed by atoms with Crippen molar-refractivity contribution >= 4 is 0 Å². The number of benzene rings is 1. The molecule has 0 bridgehead atoms. The molecule has 1 fully saturated rings. The van der Waals surface area contributed by atoms with Gasteiger partial charge in [-0.1, -0.05) is 6.07 Å². The van der Waals surface area contributed by atoms with Crippen LogP contribution in [0.4, 0.5) is 0 Å². The number of methoxy groups -OCH3 is 1. The first-order valence-corrected chi connectivity index (χ1v) is 6.43. The van der Waals surface area contributed by atoms with Crippen molar-refractivity contribution in [3.63, 3.8) is 0 Å². The molecule has 1 aromatic rings. The van der Waals surface area contributed by atoms with Gasteiger partial charge in [0, 0.05) is 0 Å². The fraction of sp³-hybridized carbons (Fsp3) is 0.571. The third-order valence-electron chi connectivity index (χ3n) is 3.59. The van der Waals surface area contributed by atoms with Gasteiger partial charge >= 0.3 is 0 Å². The molecule has 0 aliphatic heterocycles. The zero-order valence-electron chi connectivity index (χ0n) is 11.1. The summed E-state index contributed by atoms with van der Waals surface area (Å²) in [5.74, 6) is 1.46. The van der Waals surface area contributed by atoms with Gasteiger partial charge in [0.25, 0.3) is 0 Å². The van der Waals surface area contributed by atoms with Gasteiger partial charge in [-0.2, -0.15) is 0 Å². The highest BCUT2D eigenvalue weighted by atomic mass is 16.5. The van der Waals surface area contributed by atoms with Crippen molar-refractivity contribution in [2.45, 2.75) is 25.0 Å². The predicted molar refractivity (Wildman–Crippen MR) is 71.1 cm³/mol. The van der Waals surface area contributed by atoms with Crippen LogP contribution in [0.5, 0.6) is 11.5 Å². The van der Waals surface area contributed by atoms with Crippen LogP contribution in [0.2, 0.25) is 0 Å². The Labute approximate surface area is 113 Å². The molecule has 1 aliphatic rings. The summed E-state index contributed by atoms with van der Waals surface area (Å²) in [5.41, 5.74) is 6.22. The lowest BCUT2D eigenvalue weighted by molar-refractivity contribution is 0.115. The minimum Gasteiger partial charge on any atom is -0.493 e. The summed E-state index contributed by atoms with van der Waals surface area (Å²) in [6, 6.07) is 5.24. The molecule has 1 unspecified atom stereocenters. The van der Waals surface area contributed by atoms with E-state index in [1.165, 1.54) is 0 Å². The Hall–Kier alpha value is -1.30. The van der Waals surface area contributed by atoms with E-state index in [1.807, 2.05) is 0 Å². The summed E-state index contributed by atoms with van der Waals surface area (Å²) < 4.78 is 10.9. The molecule has 0 aromatic heterocycles. The van der Waals surface area contributed by atoms with E-state index in [2.05, 4.69) is 0 Å². The van der Waals surface area contributed by atoms with Gasteiger partial charge in [-0.3, -0.25) is 0 Å². The van der Waals surface area contributed by atoms with Crippen LogP contribution < -0.4 is 15.2 Å². The smallest absolute Gasteiger partial charge is 0.161 e. The minimum atomic E-state index is -0.680. The third-order valence-corrected chi connectivity index (χ3v) is 3.59. The summed E-state index contributed by atoms with van der Waals surface area (Å²) in [7, 11) is 1.55. The molecule has 0 amide bonds. The topological polar surface area (TPSA) is 84.9 Å². The molecule has 5 heteroatoms. The lowest BCUT2D eigenvalue weighted by Gasteiger charge is -2.27. The Morgan fingerprint density at radius 1 is 1.32 bits per heavy atom. The highest BCUT2D eigenvalue weighted by Crippen LogP contribution is 2.39. The average Bonchev–Trinajstić information content (AvgIpc) is 3.29. The number of nitrogens with two attached hydrogens (primary N) is 1. The highest BCUT2D eigenvalue weighted by molar-refractivity contribution is 5.42. The first-order chi connectivity index (χ1) is 9.12.